The quantitative estimate of drug-likeness (QED) is 0.594. The van der Waals surface area contributed by atoms with E-state index in [0.29, 0.717) is 16.8 Å². The van der Waals surface area contributed by atoms with E-state index >= 15 is 0 Å². The number of benzene rings is 1. The van der Waals surface area contributed by atoms with E-state index in [1.807, 2.05) is 6.92 Å². The first-order valence-corrected chi connectivity index (χ1v) is 10.0. The molecule has 27 heavy (non-hydrogen) atoms. The van der Waals surface area contributed by atoms with Gasteiger partial charge < -0.3 is 10.6 Å². The maximum atomic E-state index is 12.9. The molecular weight excluding hydrogens is 367 g/mol. The Kier molecular flexibility index (Phi) is 6.60. The van der Waals surface area contributed by atoms with Gasteiger partial charge in [-0.15, -0.1) is 5.10 Å². The van der Waals surface area contributed by atoms with Crippen LogP contribution < -0.4 is 10.6 Å². The molecule has 2 aliphatic rings. The molecule has 8 heteroatoms. The van der Waals surface area contributed by atoms with Gasteiger partial charge in [0.25, 0.3) is 0 Å². The van der Waals surface area contributed by atoms with Crippen LogP contribution in [0, 0.1) is 11.7 Å². The van der Waals surface area contributed by atoms with E-state index < -0.39 is 5.25 Å². The highest BCUT2D eigenvalue weighted by molar-refractivity contribution is 8.15. The molecule has 1 aliphatic heterocycles. The minimum atomic E-state index is -0.547. The number of nitrogens with one attached hydrogen (secondary N) is 2. The van der Waals surface area contributed by atoms with Crippen molar-refractivity contribution < 1.29 is 14.0 Å². The lowest BCUT2D eigenvalue weighted by Crippen LogP contribution is -2.28. The fraction of sp³-hybridized carbons (Fsp3) is 0.474. The minimum absolute atomic E-state index is 0.0121. The summed E-state index contributed by atoms with van der Waals surface area (Å²) in [5, 5.41) is 13.7. The van der Waals surface area contributed by atoms with Crippen molar-refractivity contribution in [3.8, 4) is 0 Å². The molecule has 0 radical (unpaired) electrons. The number of carbonyl (C=O) groups is 2. The van der Waals surface area contributed by atoms with E-state index in [1.165, 1.54) is 55.3 Å². The molecule has 2 N–H and O–H groups in total. The standard InChI is InChI=1S/C19H23FN4O2S/c1-12(13-5-3-2-4-6-13)23-24-19-22-18(26)16(27-19)11-17(25)21-15-9-7-14(20)8-10-15/h7-10,13,16H,2-6,11H2,1H3,(H,21,25)(H,22,24,26)/t16-/m0/s1. The first-order chi connectivity index (χ1) is 13.0. The Balaban J connectivity index is 1.53. The molecule has 1 aromatic rings. The average Bonchev–Trinajstić information content (AvgIpc) is 3.01. The third kappa shape index (κ3) is 5.63. The second kappa shape index (κ2) is 9.12. The van der Waals surface area contributed by atoms with Crippen molar-refractivity contribution in [3.63, 3.8) is 0 Å². The lowest BCUT2D eigenvalue weighted by atomic mass is 9.86. The number of amides is 2. The molecule has 0 spiro atoms. The largest absolute Gasteiger partial charge is 0.326 e. The Bertz CT molecular complexity index is 757. The number of halogens is 1. The second-order valence-corrected chi connectivity index (χ2v) is 8.03. The first kappa shape index (κ1) is 19.5. The zero-order chi connectivity index (χ0) is 19.2. The predicted molar refractivity (Wildman–Crippen MR) is 106 cm³/mol. The fourth-order valence-electron chi connectivity index (χ4n) is 3.23. The van der Waals surface area contributed by atoms with Gasteiger partial charge in [-0.2, -0.15) is 5.10 Å². The van der Waals surface area contributed by atoms with Crippen LogP contribution in [-0.4, -0.2) is 27.9 Å². The molecule has 1 atom stereocenters. The van der Waals surface area contributed by atoms with Gasteiger partial charge in [0.2, 0.25) is 11.8 Å². The van der Waals surface area contributed by atoms with E-state index in [9.17, 15) is 14.0 Å². The molecule has 1 aromatic carbocycles. The lowest BCUT2D eigenvalue weighted by Gasteiger charge is -2.20. The van der Waals surface area contributed by atoms with Crippen molar-refractivity contribution >= 4 is 40.1 Å². The van der Waals surface area contributed by atoms with Gasteiger partial charge in [-0.3, -0.25) is 9.59 Å². The summed E-state index contributed by atoms with van der Waals surface area (Å²) in [6.45, 7) is 1.98. The van der Waals surface area contributed by atoms with Gasteiger partial charge in [-0.05, 0) is 49.9 Å². The summed E-state index contributed by atoms with van der Waals surface area (Å²) < 4.78 is 12.9. The van der Waals surface area contributed by atoms with Crippen LogP contribution in [0.1, 0.15) is 45.4 Å². The molecule has 0 aromatic heterocycles. The number of nitrogens with zero attached hydrogens (tertiary/aromatic N) is 2. The second-order valence-electron chi connectivity index (χ2n) is 6.84. The van der Waals surface area contributed by atoms with Crippen molar-refractivity contribution in [3.05, 3.63) is 30.1 Å². The summed E-state index contributed by atoms with van der Waals surface area (Å²) in [4.78, 5) is 24.2. The molecule has 1 saturated heterocycles. The van der Waals surface area contributed by atoms with Crippen molar-refractivity contribution in [2.45, 2.75) is 50.7 Å². The number of hydrogen-bond donors (Lipinski definition) is 2. The van der Waals surface area contributed by atoms with Crippen LogP contribution in [0.25, 0.3) is 0 Å². The predicted octanol–water partition coefficient (Wildman–Crippen LogP) is 3.70. The topological polar surface area (TPSA) is 82.9 Å². The molecular formula is C19H23FN4O2S. The van der Waals surface area contributed by atoms with Gasteiger partial charge in [0.05, 0.1) is 0 Å². The van der Waals surface area contributed by atoms with E-state index in [4.69, 9.17) is 0 Å². The number of thioether (sulfide) groups is 1. The van der Waals surface area contributed by atoms with Crippen LogP contribution in [0.15, 0.2) is 34.5 Å². The number of rotatable bonds is 5. The summed E-state index contributed by atoms with van der Waals surface area (Å²) >= 11 is 1.21. The monoisotopic (exact) mass is 390 g/mol. The Morgan fingerprint density at radius 2 is 1.96 bits per heavy atom. The lowest BCUT2D eigenvalue weighted by molar-refractivity contribution is -0.122. The Labute approximate surface area is 162 Å². The molecule has 3 rings (SSSR count). The Morgan fingerprint density at radius 3 is 2.67 bits per heavy atom. The number of carbonyl (C=O) groups excluding carboxylic acids is 2. The van der Waals surface area contributed by atoms with E-state index in [2.05, 4.69) is 20.8 Å². The molecule has 144 valence electrons. The molecule has 6 nitrogen and oxygen atoms in total. The molecule has 2 amide bonds. The highest BCUT2D eigenvalue weighted by atomic mass is 32.2. The summed E-state index contributed by atoms with van der Waals surface area (Å²) in [5.41, 5.74) is 1.49. The molecule has 1 saturated carbocycles. The Hall–Kier alpha value is -2.22. The molecule has 0 unspecified atom stereocenters. The van der Waals surface area contributed by atoms with Crippen molar-refractivity contribution in [1.29, 1.82) is 0 Å². The van der Waals surface area contributed by atoms with Crippen LogP contribution in [0.4, 0.5) is 10.1 Å². The average molecular weight is 390 g/mol. The Morgan fingerprint density at radius 1 is 1.26 bits per heavy atom. The highest BCUT2D eigenvalue weighted by Crippen LogP contribution is 2.26. The molecule has 2 fully saturated rings. The number of hydrogen-bond acceptors (Lipinski definition) is 5. The van der Waals surface area contributed by atoms with E-state index in [1.54, 1.807) is 0 Å². The van der Waals surface area contributed by atoms with Crippen LogP contribution in [0.3, 0.4) is 0 Å². The normalized spacial score (nSPS) is 22.7. The third-order valence-corrected chi connectivity index (χ3v) is 5.84. The van der Waals surface area contributed by atoms with Gasteiger partial charge in [0.15, 0.2) is 5.17 Å². The SMILES string of the molecule is CC(=NN=C1NC(=O)[C@H](CC(=O)Nc2ccc(F)cc2)S1)C1CCCCC1. The van der Waals surface area contributed by atoms with Crippen LogP contribution in [-0.2, 0) is 9.59 Å². The highest BCUT2D eigenvalue weighted by Gasteiger charge is 2.32. The number of anilines is 1. The van der Waals surface area contributed by atoms with Crippen LogP contribution >= 0.6 is 11.8 Å². The molecule has 1 aliphatic carbocycles. The van der Waals surface area contributed by atoms with Crippen LogP contribution in [0.5, 0.6) is 0 Å². The first-order valence-electron chi connectivity index (χ1n) is 9.16. The minimum Gasteiger partial charge on any atom is -0.326 e. The third-order valence-electron chi connectivity index (χ3n) is 4.77. The summed E-state index contributed by atoms with van der Waals surface area (Å²) in [6, 6.07) is 5.49. The van der Waals surface area contributed by atoms with Gasteiger partial charge in [-0.1, -0.05) is 31.0 Å². The molecule has 1 heterocycles. The van der Waals surface area contributed by atoms with Crippen molar-refractivity contribution in [2.75, 3.05) is 5.32 Å². The van der Waals surface area contributed by atoms with Gasteiger partial charge in [0, 0.05) is 17.8 Å². The van der Waals surface area contributed by atoms with Crippen molar-refractivity contribution in [1.82, 2.24) is 5.32 Å². The smallest absolute Gasteiger partial charge is 0.240 e. The maximum absolute atomic E-state index is 12.9. The maximum Gasteiger partial charge on any atom is 0.240 e. The summed E-state index contributed by atoms with van der Waals surface area (Å²) in [7, 11) is 0. The van der Waals surface area contributed by atoms with Gasteiger partial charge >= 0.3 is 0 Å². The molecule has 0 bridgehead atoms. The zero-order valence-corrected chi connectivity index (χ0v) is 16.0. The zero-order valence-electron chi connectivity index (χ0n) is 15.2. The summed E-state index contributed by atoms with van der Waals surface area (Å²) in [5.74, 6) is -0.456. The number of amidine groups is 1. The fourth-order valence-corrected chi connectivity index (χ4v) is 4.14. The van der Waals surface area contributed by atoms with Gasteiger partial charge in [0.1, 0.15) is 11.1 Å². The summed E-state index contributed by atoms with van der Waals surface area (Å²) in [6.07, 6.45) is 6.04. The van der Waals surface area contributed by atoms with E-state index in [-0.39, 0.29) is 24.1 Å². The van der Waals surface area contributed by atoms with Gasteiger partial charge in [-0.25, -0.2) is 4.39 Å². The van der Waals surface area contributed by atoms with E-state index in [0.717, 1.165) is 18.6 Å². The van der Waals surface area contributed by atoms with Crippen molar-refractivity contribution in [2.24, 2.45) is 16.1 Å². The van der Waals surface area contributed by atoms with Crippen LogP contribution in [0.2, 0.25) is 0 Å².